The first kappa shape index (κ1) is 18.3. The van der Waals surface area contributed by atoms with E-state index in [9.17, 15) is 0 Å². The third-order valence-electron chi connectivity index (χ3n) is 3.82. The van der Waals surface area contributed by atoms with Gasteiger partial charge < -0.3 is 0 Å². The molecule has 0 aliphatic heterocycles. The monoisotopic (exact) mass is 402 g/mol. The zero-order chi connectivity index (χ0) is 18.3. The van der Waals surface area contributed by atoms with Crippen LogP contribution in [0.5, 0.6) is 0 Å². The Balaban J connectivity index is 1.42. The SMILES string of the molecule is c1ccc(Sc2ccc(Sc3cccc(Sc4ccccc4)c3)cc2)cc1. The molecule has 0 nitrogen and oxygen atoms in total. The molecule has 0 radical (unpaired) electrons. The van der Waals surface area contributed by atoms with Gasteiger partial charge in [-0.15, -0.1) is 0 Å². The van der Waals surface area contributed by atoms with Crippen LogP contribution in [-0.4, -0.2) is 0 Å². The smallest absolute Gasteiger partial charge is 0.0133 e. The lowest BCUT2D eigenvalue weighted by molar-refractivity contribution is 1.30. The zero-order valence-electron chi connectivity index (χ0n) is 14.6. The molecule has 0 fully saturated rings. The van der Waals surface area contributed by atoms with Gasteiger partial charge in [-0.1, -0.05) is 77.8 Å². The van der Waals surface area contributed by atoms with E-state index in [4.69, 9.17) is 0 Å². The molecular formula is C24H18S3. The molecule has 4 aromatic rings. The highest BCUT2D eigenvalue weighted by Gasteiger charge is 2.02. The largest absolute Gasteiger partial charge is 0.0901 e. The van der Waals surface area contributed by atoms with E-state index in [-0.39, 0.29) is 0 Å². The maximum Gasteiger partial charge on any atom is 0.0133 e. The van der Waals surface area contributed by atoms with E-state index in [1.807, 2.05) is 6.07 Å². The molecule has 0 aliphatic carbocycles. The first-order valence-corrected chi connectivity index (χ1v) is 11.1. The van der Waals surface area contributed by atoms with Crippen molar-refractivity contribution in [2.75, 3.05) is 0 Å². The first-order valence-electron chi connectivity index (χ1n) is 8.69. The Morgan fingerprint density at radius 3 is 1.07 bits per heavy atom. The lowest BCUT2D eigenvalue weighted by Crippen LogP contribution is -1.78. The fourth-order valence-corrected chi connectivity index (χ4v) is 5.25. The van der Waals surface area contributed by atoms with Crippen LogP contribution in [0.15, 0.2) is 139 Å². The molecule has 0 saturated heterocycles. The van der Waals surface area contributed by atoms with Gasteiger partial charge in [0, 0.05) is 29.4 Å². The fraction of sp³-hybridized carbons (Fsp3) is 0. The molecule has 3 heteroatoms. The molecule has 0 saturated carbocycles. The molecule has 0 atom stereocenters. The van der Waals surface area contributed by atoms with Crippen LogP contribution >= 0.6 is 35.3 Å². The van der Waals surface area contributed by atoms with Gasteiger partial charge in [-0.05, 0) is 66.7 Å². The lowest BCUT2D eigenvalue weighted by atomic mass is 10.4. The molecule has 27 heavy (non-hydrogen) atoms. The van der Waals surface area contributed by atoms with E-state index < -0.39 is 0 Å². The molecule has 4 aromatic carbocycles. The molecule has 0 aromatic heterocycles. The van der Waals surface area contributed by atoms with Crippen molar-refractivity contribution in [3.05, 3.63) is 109 Å². The third-order valence-corrected chi connectivity index (χ3v) is 6.83. The van der Waals surface area contributed by atoms with Gasteiger partial charge in [0.1, 0.15) is 0 Å². The standard InChI is InChI=1S/C24H18S3/c1-3-8-19(9-4-1)25-21-14-16-22(17-15-21)27-24-13-7-12-23(18-24)26-20-10-5-2-6-11-20/h1-18H. The minimum Gasteiger partial charge on any atom is -0.0901 e. The Bertz CT molecular complexity index is 981. The van der Waals surface area contributed by atoms with E-state index >= 15 is 0 Å². The Kier molecular flexibility index (Phi) is 6.25. The van der Waals surface area contributed by atoms with Crippen molar-refractivity contribution in [3.8, 4) is 0 Å². The summed E-state index contributed by atoms with van der Waals surface area (Å²) in [5.74, 6) is 0. The molecule has 0 N–H and O–H groups in total. The van der Waals surface area contributed by atoms with Crippen molar-refractivity contribution < 1.29 is 0 Å². The van der Waals surface area contributed by atoms with E-state index in [2.05, 4.69) is 103 Å². The summed E-state index contributed by atoms with van der Waals surface area (Å²) in [6.45, 7) is 0. The predicted octanol–water partition coefficient (Wildman–Crippen LogP) is 8.14. The second kappa shape index (κ2) is 9.23. The van der Waals surface area contributed by atoms with E-state index in [1.54, 1.807) is 35.3 Å². The van der Waals surface area contributed by atoms with Crippen LogP contribution in [0.25, 0.3) is 0 Å². The summed E-state index contributed by atoms with van der Waals surface area (Å²) in [5.41, 5.74) is 0. The van der Waals surface area contributed by atoms with Crippen LogP contribution in [0.2, 0.25) is 0 Å². The molecule has 0 heterocycles. The minimum absolute atomic E-state index is 1.26. The maximum atomic E-state index is 2.26. The number of hydrogen-bond acceptors (Lipinski definition) is 3. The zero-order valence-corrected chi connectivity index (χ0v) is 17.1. The van der Waals surface area contributed by atoms with Crippen molar-refractivity contribution in [1.29, 1.82) is 0 Å². The minimum atomic E-state index is 1.26. The van der Waals surface area contributed by atoms with Crippen LogP contribution < -0.4 is 0 Å². The predicted molar refractivity (Wildman–Crippen MR) is 118 cm³/mol. The highest BCUT2D eigenvalue weighted by molar-refractivity contribution is 8.00. The summed E-state index contributed by atoms with van der Waals surface area (Å²) in [4.78, 5) is 7.58. The van der Waals surface area contributed by atoms with Gasteiger partial charge >= 0.3 is 0 Å². The normalized spacial score (nSPS) is 10.7. The van der Waals surface area contributed by atoms with Crippen LogP contribution in [0.1, 0.15) is 0 Å². The summed E-state index contributed by atoms with van der Waals surface area (Å²) in [6, 6.07) is 38.5. The second-order valence-electron chi connectivity index (χ2n) is 5.88. The van der Waals surface area contributed by atoms with Gasteiger partial charge in [-0.25, -0.2) is 0 Å². The summed E-state index contributed by atoms with van der Waals surface area (Å²) in [7, 11) is 0. The second-order valence-corrected chi connectivity index (χ2v) is 9.32. The van der Waals surface area contributed by atoms with E-state index in [0.29, 0.717) is 0 Å². The highest BCUT2D eigenvalue weighted by atomic mass is 32.2. The van der Waals surface area contributed by atoms with Gasteiger partial charge in [-0.2, -0.15) is 0 Å². The van der Waals surface area contributed by atoms with E-state index in [0.717, 1.165) is 0 Å². The Hall–Kier alpha value is -2.07. The topological polar surface area (TPSA) is 0 Å². The molecule has 0 bridgehead atoms. The average Bonchev–Trinajstić information content (AvgIpc) is 2.71. The lowest BCUT2D eigenvalue weighted by Gasteiger charge is -2.07. The number of benzene rings is 4. The Morgan fingerprint density at radius 1 is 0.296 bits per heavy atom. The number of hydrogen-bond donors (Lipinski definition) is 0. The molecule has 0 spiro atoms. The molecule has 132 valence electrons. The Morgan fingerprint density at radius 2 is 0.630 bits per heavy atom. The van der Waals surface area contributed by atoms with Crippen LogP contribution in [0.3, 0.4) is 0 Å². The summed E-state index contributed by atoms with van der Waals surface area (Å²) < 4.78 is 0. The number of rotatable bonds is 6. The van der Waals surface area contributed by atoms with Crippen molar-refractivity contribution in [2.45, 2.75) is 29.4 Å². The molecule has 0 unspecified atom stereocenters. The van der Waals surface area contributed by atoms with Crippen LogP contribution in [0, 0.1) is 0 Å². The molecule has 0 amide bonds. The summed E-state index contributed by atoms with van der Waals surface area (Å²) in [5, 5.41) is 0. The van der Waals surface area contributed by atoms with Crippen LogP contribution in [-0.2, 0) is 0 Å². The van der Waals surface area contributed by atoms with Crippen molar-refractivity contribution >= 4 is 35.3 Å². The van der Waals surface area contributed by atoms with Crippen LogP contribution in [0.4, 0.5) is 0 Å². The highest BCUT2D eigenvalue weighted by Crippen LogP contribution is 2.35. The van der Waals surface area contributed by atoms with Crippen molar-refractivity contribution in [2.24, 2.45) is 0 Å². The van der Waals surface area contributed by atoms with Gasteiger partial charge in [0.05, 0.1) is 0 Å². The molecular weight excluding hydrogens is 384 g/mol. The fourth-order valence-electron chi connectivity index (χ4n) is 2.56. The molecule has 4 rings (SSSR count). The first-order chi connectivity index (χ1) is 13.3. The van der Waals surface area contributed by atoms with Crippen molar-refractivity contribution in [3.63, 3.8) is 0 Å². The van der Waals surface area contributed by atoms with Gasteiger partial charge in [-0.3, -0.25) is 0 Å². The summed E-state index contributed by atoms with van der Waals surface area (Å²) in [6.07, 6.45) is 0. The maximum absolute atomic E-state index is 2.26. The summed E-state index contributed by atoms with van der Waals surface area (Å²) >= 11 is 5.40. The quantitative estimate of drug-likeness (QED) is 0.319. The van der Waals surface area contributed by atoms with Gasteiger partial charge in [0.15, 0.2) is 0 Å². The average molecular weight is 403 g/mol. The molecule has 0 aliphatic rings. The van der Waals surface area contributed by atoms with Gasteiger partial charge in [0.2, 0.25) is 0 Å². The third kappa shape index (κ3) is 5.46. The van der Waals surface area contributed by atoms with Gasteiger partial charge in [0.25, 0.3) is 0 Å². The van der Waals surface area contributed by atoms with Crippen molar-refractivity contribution in [1.82, 2.24) is 0 Å². The van der Waals surface area contributed by atoms with E-state index in [1.165, 1.54) is 29.4 Å². The Labute approximate surface area is 173 Å².